The highest BCUT2D eigenvalue weighted by atomic mass is 16.5. The average molecular weight is 275 g/mol. The van der Waals surface area contributed by atoms with E-state index in [4.69, 9.17) is 4.74 Å². The Balaban J connectivity index is 1.86. The summed E-state index contributed by atoms with van der Waals surface area (Å²) in [6, 6.07) is 0. The van der Waals surface area contributed by atoms with Crippen molar-refractivity contribution >= 4 is 17.0 Å². The minimum atomic E-state index is 0.0622. The highest BCUT2D eigenvalue weighted by molar-refractivity contribution is 5.82. The molecule has 1 atom stereocenters. The molecular weight excluding hydrogens is 254 g/mol. The third-order valence-electron chi connectivity index (χ3n) is 3.65. The molecule has 1 saturated heterocycles. The fraction of sp³-hybridized carbons (Fsp3) is 0.643. The highest BCUT2D eigenvalue weighted by Gasteiger charge is 2.19. The lowest BCUT2D eigenvalue weighted by Gasteiger charge is -2.23. The first-order valence-electron chi connectivity index (χ1n) is 7.43. The van der Waals surface area contributed by atoms with E-state index in [-0.39, 0.29) is 6.23 Å². The van der Waals surface area contributed by atoms with E-state index in [1.54, 1.807) is 6.33 Å². The fourth-order valence-electron chi connectivity index (χ4n) is 2.52. The van der Waals surface area contributed by atoms with Crippen molar-refractivity contribution in [3.05, 3.63) is 12.7 Å². The first-order chi connectivity index (χ1) is 9.90. The summed E-state index contributed by atoms with van der Waals surface area (Å²) in [4.78, 5) is 13.1. The largest absolute Gasteiger partial charge is 0.368 e. The molecule has 0 aromatic carbocycles. The van der Waals surface area contributed by atoms with Crippen LogP contribution in [0.5, 0.6) is 0 Å². The molecule has 0 spiro atoms. The molecule has 108 valence electrons. The summed E-state index contributed by atoms with van der Waals surface area (Å²) in [7, 11) is 0. The molecule has 3 rings (SSSR count). The monoisotopic (exact) mass is 275 g/mol. The van der Waals surface area contributed by atoms with Crippen LogP contribution in [0, 0.1) is 0 Å². The number of hydrogen-bond donors (Lipinski definition) is 1. The molecule has 6 nitrogen and oxygen atoms in total. The van der Waals surface area contributed by atoms with Gasteiger partial charge in [0.25, 0.3) is 0 Å². The lowest BCUT2D eigenvalue weighted by molar-refractivity contribution is -0.0298. The second kappa shape index (κ2) is 6.17. The second-order valence-corrected chi connectivity index (χ2v) is 5.15. The third kappa shape index (κ3) is 2.60. The van der Waals surface area contributed by atoms with Gasteiger partial charge in [0.2, 0.25) is 0 Å². The van der Waals surface area contributed by atoms with Crippen LogP contribution in [-0.4, -0.2) is 32.7 Å². The lowest BCUT2D eigenvalue weighted by Crippen LogP contribution is -2.17. The smallest absolute Gasteiger partial charge is 0.167 e. The van der Waals surface area contributed by atoms with E-state index in [2.05, 4.69) is 27.2 Å². The van der Waals surface area contributed by atoms with Crippen LogP contribution in [0.1, 0.15) is 45.3 Å². The average Bonchev–Trinajstić information content (AvgIpc) is 2.93. The number of anilines is 1. The topological polar surface area (TPSA) is 64.9 Å². The molecule has 3 heterocycles. The van der Waals surface area contributed by atoms with Gasteiger partial charge in [-0.3, -0.25) is 4.57 Å². The zero-order valence-corrected chi connectivity index (χ0v) is 11.9. The van der Waals surface area contributed by atoms with Crippen molar-refractivity contribution in [2.24, 2.45) is 0 Å². The standard InChI is InChI=1S/C14H21N5O/c1-2-3-7-15-13-12-14(17-9-16-13)19(10-18-12)11-6-4-5-8-20-11/h9-11H,2-8H2,1H3,(H,15,16,17). The van der Waals surface area contributed by atoms with Crippen LogP contribution in [0.4, 0.5) is 5.82 Å². The summed E-state index contributed by atoms with van der Waals surface area (Å²) in [5.41, 5.74) is 1.68. The number of hydrogen-bond acceptors (Lipinski definition) is 5. The number of fused-ring (bicyclic) bond motifs is 1. The van der Waals surface area contributed by atoms with Crippen molar-refractivity contribution in [1.29, 1.82) is 0 Å². The van der Waals surface area contributed by atoms with E-state index in [9.17, 15) is 0 Å². The number of imidazole rings is 1. The molecule has 1 N–H and O–H groups in total. The Labute approximate surface area is 118 Å². The predicted octanol–water partition coefficient (Wildman–Crippen LogP) is 2.74. The van der Waals surface area contributed by atoms with E-state index in [0.717, 1.165) is 55.8 Å². The van der Waals surface area contributed by atoms with Gasteiger partial charge in [-0.05, 0) is 25.7 Å². The molecule has 0 saturated carbocycles. The first kappa shape index (κ1) is 13.3. The van der Waals surface area contributed by atoms with Crippen LogP contribution in [0.25, 0.3) is 11.2 Å². The number of rotatable bonds is 5. The maximum absolute atomic E-state index is 5.81. The maximum Gasteiger partial charge on any atom is 0.167 e. The Morgan fingerprint density at radius 3 is 3.10 bits per heavy atom. The Kier molecular flexibility index (Phi) is 4.11. The first-order valence-corrected chi connectivity index (χ1v) is 7.43. The summed E-state index contributed by atoms with van der Waals surface area (Å²) in [6.07, 6.45) is 9.11. The van der Waals surface area contributed by atoms with Gasteiger partial charge < -0.3 is 10.1 Å². The van der Waals surface area contributed by atoms with E-state index < -0.39 is 0 Å². The van der Waals surface area contributed by atoms with E-state index in [1.807, 2.05) is 10.9 Å². The number of nitrogens with zero attached hydrogens (tertiary/aromatic N) is 4. The summed E-state index contributed by atoms with van der Waals surface area (Å²) in [5, 5.41) is 3.34. The van der Waals surface area contributed by atoms with E-state index in [1.165, 1.54) is 6.42 Å². The summed E-state index contributed by atoms with van der Waals surface area (Å²) < 4.78 is 7.84. The molecule has 1 aliphatic heterocycles. The molecule has 0 aliphatic carbocycles. The van der Waals surface area contributed by atoms with Crippen molar-refractivity contribution in [2.45, 2.75) is 45.3 Å². The van der Waals surface area contributed by atoms with Gasteiger partial charge in [0.05, 0.1) is 6.33 Å². The molecule has 2 aromatic rings. The van der Waals surface area contributed by atoms with E-state index >= 15 is 0 Å². The lowest BCUT2D eigenvalue weighted by atomic mass is 10.2. The van der Waals surface area contributed by atoms with Crippen LogP contribution in [-0.2, 0) is 4.74 Å². The van der Waals surface area contributed by atoms with Crippen molar-refractivity contribution in [3.8, 4) is 0 Å². The van der Waals surface area contributed by atoms with Gasteiger partial charge >= 0.3 is 0 Å². The molecule has 0 bridgehead atoms. The predicted molar refractivity (Wildman–Crippen MR) is 77.6 cm³/mol. The van der Waals surface area contributed by atoms with Crippen molar-refractivity contribution in [2.75, 3.05) is 18.5 Å². The Morgan fingerprint density at radius 1 is 1.35 bits per heavy atom. The Morgan fingerprint density at radius 2 is 2.30 bits per heavy atom. The minimum Gasteiger partial charge on any atom is -0.368 e. The quantitative estimate of drug-likeness (QED) is 0.850. The normalized spacial score (nSPS) is 19.4. The number of ether oxygens (including phenoxy) is 1. The Bertz CT molecular complexity index is 562. The Hall–Kier alpha value is -1.69. The molecule has 1 unspecified atom stereocenters. The van der Waals surface area contributed by atoms with Crippen molar-refractivity contribution < 1.29 is 4.74 Å². The molecule has 0 radical (unpaired) electrons. The summed E-state index contributed by atoms with van der Waals surface area (Å²) in [5.74, 6) is 0.818. The number of aromatic nitrogens is 4. The third-order valence-corrected chi connectivity index (χ3v) is 3.65. The van der Waals surface area contributed by atoms with Crippen LogP contribution in [0.3, 0.4) is 0 Å². The van der Waals surface area contributed by atoms with E-state index in [0.29, 0.717) is 0 Å². The molecule has 0 amide bonds. The maximum atomic E-state index is 5.81. The van der Waals surface area contributed by atoms with Gasteiger partial charge in [-0.2, -0.15) is 0 Å². The molecule has 2 aromatic heterocycles. The van der Waals surface area contributed by atoms with Crippen LogP contribution >= 0.6 is 0 Å². The van der Waals surface area contributed by atoms with Gasteiger partial charge in [0.15, 0.2) is 17.0 Å². The SMILES string of the molecule is CCCCNc1ncnc2c1ncn2C1CCCCO1. The second-order valence-electron chi connectivity index (χ2n) is 5.15. The number of nitrogens with one attached hydrogen (secondary N) is 1. The highest BCUT2D eigenvalue weighted by Crippen LogP contribution is 2.27. The zero-order valence-electron chi connectivity index (χ0n) is 11.9. The molecule has 20 heavy (non-hydrogen) atoms. The molecule has 6 heteroatoms. The van der Waals surface area contributed by atoms with Crippen LogP contribution in [0.2, 0.25) is 0 Å². The zero-order chi connectivity index (χ0) is 13.8. The van der Waals surface area contributed by atoms with Crippen molar-refractivity contribution in [1.82, 2.24) is 19.5 Å². The molecule has 1 fully saturated rings. The van der Waals surface area contributed by atoms with Gasteiger partial charge in [-0.25, -0.2) is 15.0 Å². The fourth-order valence-corrected chi connectivity index (χ4v) is 2.52. The minimum absolute atomic E-state index is 0.0622. The summed E-state index contributed by atoms with van der Waals surface area (Å²) >= 11 is 0. The van der Waals surface area contributed by atoms with Gasteiger partial charge in [-0.15, -0.1) is 0 Å². The van der Waals surface area contributed by atoms with Crippen LogP contribution in [0.15, 0.2) is 12.7 Å². The van der Waals surface area contributed by atoms with Gasteiger partial charge in [0, 0.05) is 13.2 Å². The van der Waals surface area contributed by atoms with Crippen LogP contribution < -0.4 is 5.32 Å². The van der Waals surface area contributed by atoms with Gasteiger partial charge in [0.1, 0.15) is 12.6 Å². The number of unbranched alkanes of at least 4 members (excludes halogenated alkanes) is 1. The molecular formula is C14H21N5O. The van der Waals surface area contributed by atoms with Crippen molar-refractivity contribution in [3.63, 3.8) is 0 Å². The van der Waals surface area contributed by atoms with Gasteiger partial charge in [-0.1, -0.05) is 13.3 Å². The summed E-state index contributed by atoms with van der Waals surface area (Å²) in [6.45, 7) is 3.90. The molecule has 1 aliphatic rings.